The maximum absolute atomic E-state index is 11.6. The SMILES string of the molecule is CC(CCC(=O)O)CNC(=O)N(CCO)CCO. The number of amides is 2. The van der Waals surface area contributed by atoms with Crippen LogP contribution in [-0.2, 0) is 4.79 Å². The average Bonchev–Trinajstić information content (AvgIpc) is 2.33. The van der Waals surface area contributed by atoms with Crippen LogP contribution >= 0.6 is 0 Å². The highest BCUT2D eigenvalue weighted by atomic mass is 16.4. The number of aliphatic hydroxyl groups excluding tert-OH is 2. The molecule has 0 aromatic rings. The Morgan fingerprint density at radius 2 is 1.78 bits per heavy atom. The van der Waals surface area contributed by atoms with Gasteiger partial charge in [-0.15, -0.1) is 0 Å². The second-order valence-corrected chi connectivity index (χ2v) is 4.16. The maximum Gasteiger partial charge on any atom is 0.317 e. The van der Waals surface area contributed by atoms with E-state index in [-0.39, 0.29) is 44.7 Å². The largest absolute Gasteiger partial charge is 0.481 e. The molecule has 0 aliphatic carbocycles. The molecule has 7 nitrogen and oxygen atoms in total. The van der Waals surface area contributed by atoms with Crippen molar-refractivity contribution >= 4 is 12.0 Å². The van der Waals surface area contributed by atoms with Crippen LogP contribution in [-0.4, -0.2) is 65.1 Å². The first-order valence-corrected chi connectivity index (χ1v) is 5.97. The summed E-state index contributed by atoms with van der Waals surface area (Å²) in [5.74, 6) is -0.787. The molecule has 0 saturated carbocycles. The van der Waals surface area contributed by atoms with Crippen LogP contribution in [0.25, 0.3) is 0 Å². The van der Waals surface area contributed by atoms with Crippen molar-refractivity contribution in [1.82, 2.24) is 10.2 Å². The van der Waals surface area contributed by atoms with Crippen LogP contribution in [0.1, 0.15) is 19.8 Å². The minimum atomic E-state index is -0.852. The zero-order valence-corrected chi connectivity index (χ0v) is 10.6. The molecule has 0 aromatic heterocycles. The second kappa shape index (κ2) is 9.67. The fourth-order valence-electron chi connectivity index (χ4n) is 1.40. The second-order valence-electron chi connectivity index (χ2n) is 4.16. The summed E-state index contributed by atoms with van der Waals surface area (Å²) >= 11 is 0. The summed E-state index contributed by atoms with van der Waals surface area (Å²) < 4.78 is 0. The molecule has 0 aliphatic heterocycles. The van der Waals surface area contributed by atoms with Gasteiger partial charge in [-0.25, -0.2) is 4.79 Å². The van der Waals surface area contributed by atoms with Crippen molar-refractivity contribution < 1.29 is 24.9 Å². The first-order chi connectivity index (χ1) is 8.51. The van der Waals surface area contributed by atoms with Crippen molar-refractivity contribution in [3.05, 3.63) is 0 Å². The van der Waals surface area contributed by atoms with Crippen LogP contribution in [0.15, 0.2) is 0 Å². The van der Waals surface area contributed by atoms with E-state index in [1.165, 1.54) is 4.90 Å². The van der Waals surface area contributed by atoms with Crippen LogP contribution in [0.5, 0.6) is 0 Å². The highest BCUT2D eigenvalue weighted by Crippen LogP contribution is 2.04. The molecule has 4 N–H and O–H groups in total. The van der Waals surface area contributed by atoms with E-state index in [0.29, 0.717) is 13.0 Å². The summed E-state index contributed by atoms with van der Waals surface area (Å²) in [4.78, 5) is 23.3. The summed E-state index contributed by atoms with van der Waals surface area (Å²) in [5, 5.41) is 28.7. The molecule has 1 atom stereocenters. The quantitative estimate of drug-likeness (QED) is 0.447. The summed E-state index contributed by atoms with van der Waals surface area (Å²) in [5.41, 5.74) is 0. The Labute approximate surface area is 106 Å². The van der Waals surface area contributed by atoms with Gasteiger partial charge in [-0.2, -0.15) is 0 Å². The van der Waals surface area contributed by atoms with Crippen molar-refractivity contribution in [3.63, 3.8) is 0 Å². The van der Waals surface area contributed by atoms with E-state index in [9.17, 15) is 9.59 Å². The van der Waals surface area contributed by atoms with Gasteiger partial charge in [-0.05, 0) is 12.3 Å². The molecule has 0 rings (SSSR count). The van der Waals surface area contributed by atoms with Crippen LogP contribution in [0.2, 0.25) is 0 Å². The van der Waals surface area contributed by atoms with E-state index < -0.39 is 5.97 Å². The lowest BCUT2D eigenvalue weighted by Gasteiger charge is -2.22. The Bertz CT molecular complexity index is 254. The van der Waals surface area contributed by atoms with E-state index in [2.05, 4.69) is 5.32 Å². The van der Waals surface area contributed by atoms with Gasteiger partial charge in [0.1, 0.15) is 0 Å². The van der Waals surface area contributed by atoms with E-state index in [4.69, 9.17) is 15.3 Å². The lowest BCUT2D eigenvalue weighted by molar-refractivity contribution is -0.137. The maximum atomic E-state index is 11.6. The molecular weight excluding hydrogens is 240 g/mol. The standard InChI is InChI=1S/C11H22N2O5/c1-9(2-3-10(16)17)8-12-11(18)13(4-6-14)5-7-15/h9,14-15H,2-8H2,1H3,(H,12,18)(H,16,17). The number of nitrogens with zero attached hydrogens (tertiary/aromatic N) is 1. The van der Waals surface area contributed by atoms with Crippen LogP contribution in [0, 0.1) is 5.92 Å². The first-order valence-electron chi connectivity index (χ1n) is 5.97. The molecular formula is C11H22N2O5. The number of carboxylic acid groups (broad SMARTS) is 1. The molecule has 2 amide bonds. The zero-order valence-electron chi connectivity index (χ0n) is 10.6. The van der Waals surface area contributed by atoms with Gasteiger partial charge < -0.3 is 25.5 Å². The van der Waals surface area contributed by atoms with Gasteiger partial charge >= 0.3 is 12.0 Å². The molecule has 18 heavy (non-hydrogen) atoms. The molecule has 0 aliphatic rings. The number of urea groups is 1. The average molecular weight is 262 g/mol. The van der Waals surface area contributed by atoms with Gasteiger partial charge in [0.05, 0.1) is 13.2 Å². The monoisotopic (exact) mass is 262 g/mol. The minimum Gasteiger partial charge on any atom is -0.481 e. The topological polar surface area (TPSA) is 110 Å². The summed E-state index contributed by atoms with van der Waals surface area (Å²) in [6.07, 6.45) is 0.573. The number of carboxylic acids is 1. The molecule has 0 saturated heterocycles. The van der Waals surface area contributed by atoms with Crippen molar-refractivity contribution in [2.45, 2.75) is 19.8 Å². The van der Waals surface area contributed by atoms with E-state index in [1.807, 2.05) is 6.92 Å². The third-order valence-corrected chi connectivity index (χ3v) is 2.48. The molecule has 0 heterocycles. The highest BCUT2D eigenvalue weighted by molar-refractivity contribution is 5.74. The molecule has 0 spiro atoms. The third kappa shape index (κ3) is 7.86. The first kappa shape index (κ1) is 16.7. The number of hydrogen-bond acceptors (Lipinski definition) is 4. The van der Waals surface area contributed by atoms with Crippen LogP contribution in [0.3, 0.4) is 0 Å². The molecule has 106 valence electrons. The van der Waals surface area contributed by atoms with Crippen molar-refractivity contribution in [1.29, 1.82) is 0 Å². The molecule has 0 aromatic carbocycles. The lowest BCUT2D eigenvalue weighted by Crippen LogP contribution is -2.44. The minimum absolute atomic E-state index is 0.0650. The van der Waals surface area contributed by atoms with Crippen molar-refractivity contribution in [2.24, 2.45) is 5.92 Å². The molecule has 0 fully saturated rings. The van der Waals surface area contributed by atoms with Gasteiger partial charge in [0, 0.05) is 26.1 Å². The molecule has 7 heteroatoms. The Hall–Kier alpha value is -1.34. The number of hydrogen-bond donors (Lipinski definition) is 4. The van der Waals surface area contributed by atoms with Gasteiger partial charge in [0.2, 0.25) is 0 Å². The number of carbonyl (C=O) groups excluding carboxylic acids is 1. The number of aliphatic carboxylic acids is 1. The smallest absolute Gasteiger partial charge is 0.317 e. The number of carbonyl (C=O) groups is 2. The molecule has 0 bridgehead atoms. The highest BCUT2D eigenvalue weighted by Gasteiger charge is 2.13. The summed E-state index contributed by atoms with van der Waals surface area (Å²) in [7, 11) is 0. The van der Waals surface area contributed by atoms with Crippen molar-refractivity contribution in [3.8, 4) is 0 Å². The van der Waals surface area contributed by atoms with Gasteiger partial charge in [0.25, 0.3) is 0 Å². The number of aliphatic hydroxyl groups is 2. The summed E-state index contributed by atoms with van der Waals surface area (Å²) in [6.45, 7) is 2.22. The van der Waals surface area contributed by atoms with Gasteiger partial charge in [-0.3, -0.25) is 4.79 Å². The van der Waals surface area contributed by atoms with Gasteiger partial charge in [0.15, 0.2) is 0 Å². The Morgan fingerprint density at radius 3 is 2.22 bits per heavy atom. The normalized spacial score (nSPS) is 11.9. The van der Waals surface area contributed by atoms with E-state index >= 15 is 0 Å². The fraction of sp³-hybridized carbons (Fsp3) is 0.818. The van der Waals surface area contributed by atoms with Crippen LogP contribution < -0.4 is 5.32 Å². The van der Waals surface area contributed by atoms with Gasteiger partial charge in [-0.1, -0.05) is 6.92 Å². The third-order valence-electron chi connectivity index (χ3n) is 2.48. The Morgan fingerprint density at radius 1 is 1.22 bits per heavy atom. The lowest BCUT2D eigenvalue weighted by atomic mass is 10.1. The molecule has 1 unspecified atom stereocenters. The predicted molar refractivity (Wildman–Crippen MR) is 65.2 cm³/mol. The van der Waals surface area contributed by atoms with E-state index in [0.717, 1.165) is 0 Å². The fourth-order valence-corrected chi connectivity index (χ4v) is 1.40. The molecule has 0 radical (unpaired) electrons. The zero-order chi connectivity index (χ0) is 14.0. The number of nitrogens with one attached hydrogen (secondary N) is 1. The number of rotatable bonds is 9. The van der Waals surface area contributed by atoms with Crippen molar-refractivity contribution in [2.75, 3.05) is 32.8 Å². The van der Waals surface area contributed by atoms with E-state index in [1.54, 1.807) is 0 Å². The summed E-state index contributed by atoms with van der Waals surface area (Å²) in [6, 6.07) is -0.361. The van der Waals surface area contributed by atoms with Crippen LogP contribution in [0.4, 0.5) is 4.79 Å². The Kier molecular flexibility index (Phi) is 8.95. The Balaban J connectivity index is 3.94. The predicted octanol–water partition coefficient (Wildman–Crippen LogP) is -0.516.